The van der Waals surface area contributed by atoms with Gasteiger partial charge in [0.25, 0.3) is 0 Å². The molecule has 5 N–H and O–H groups in total. The Morgan fingerprint density at radius 1 is 1.07 bits per heavy atom. The molecule has 5 atom stereocenters. The molecule has 0 fully saturated rings. The molecule has 43 heavy (non-hydrogen) atoms. The third kappa shape index (κ3) is 8.17. The van der Waals surface area contributed by atoms with Crippen LogP contribution in [0.3, 0.4) is 0 Å². The first kappa shape index (κ1) is 34.6. The topological polar surface area (TPSA) is 132 Å². The van der Waals surface area contributed by atoms with Gasteiger partial charge in [-0.2, -0.15) is 0 Å². The number of benzene rings is 2. The van der Waals surface area contributed by atoms with E-state index in [1.54, 1.807) is 6.07 Å². The smallest absolute Gasteiger partial charge is 0.243 e. The van der Waals surface area contributed by atoms with Gasteiger partial charge < -0.3 is 35.4 Å². The lowest BCUT2D eigenvalue weighted by atomic mass is 9.92. The molecule has 0 spiro atoms. The molecular formula is C33H51N3O6Si. The Bertz CT molecular complexity index is 1250. The molecule has 9 nitrogen and oxygen atoms in total. The fourth-order valence-electron chi connectivity index (χ4n) is 4.69. The second-order valence-electron chi connectivity index (χ2n) is 13.5. The van der Waals surface area contributed by atoms with Gasteiger partial charge in [-0.3, -0.25) is 9.59 Å². The van der Waals surface area contributed by atoms with Crippen LogP contribution in [-0.2, 0) is 20.6 Å². The standard InChI is InChI=1S/C33H51N3O6Si/c1-10-33(7)26(19-37)35-31(39)28(21(2)3)36-30(38)27(34)29(42-43(8,9)32(4,5)6)23-16-17-24(25(18-23)41-33)40-20-22-14-12-11-13-15-22/h11-18,21,26-29,37H,10,19-20,34H2,1-9H3,(H,35,39)(H,36,38)/t26-,27+,28+,29-,33-/m1/s1. The van der Waals surface area contributed by atoms with Crippen molar-refractivity contribution < 1.29 is 28.6 Å². The number of hydrogen-bond acceptors (Lipinski definition) is 7. The Morgan fingerprint density at radius 2 is 1.72 bits per heavy atom. The van der Waals surface area contributed by atoms with E-state index in [1.807, 2.05) is 70.2 Å². The van der Waals surface area contributed by atoms with E-state index < -0.39 is 50.0 Å². The molecular weight excluding hydrogens is 562 g/mol. The minimum Gasteiger partial charge on any atom is -0.485 e. The second kappa shape index (κ2) is 13.8. The van der Waals surface area contributed by atoms with Crippen LogP contribution >= 0.6 is 0 Å². The van der Waals surface area contributed by atoms with Crippen LogP contribution in [0.25, 0.3) is 0 Å². The average Bonchev–Trinajstić information content (AvgIpc) is 2.95. The first-order valence-corrected chi connectivity index (χ1v) is 18.1. The lowest BCUT2D eigenvalue weighted by molar-refractivity contribution is -0.133. The third-order valence-corrected chi connectivity index (χ3v) is 13.4. The van der Waals surface area contributed by atoms with E-state index in [0.717, 1.165) is 5.56 Å². The van der Waals surface area contributed by atoms with Crippen LogP contribution in [0.2, 0.25) is 18.1 Å². The molecule has 2 aromatic rings. The van der Waals surface area contributed by atoms with Gasteiger partial charge in [-0.15, -0.1) is 0 Å². The molecule has 2 bridgehead atoms. The summed E-state index contributed by atoms with van der Waals surface area (Å²) in [6, 6.07) is 12.5. The zero-order chi connectivity index (χ0) is 32.2. The number of carbonyl (C=O) groups excluding carboxylic acids is 2. The summed E-state index contributed by atoms with van der Waals surface area (Å²) < 4.78 is 19.8. The van der Waals surface area contributed by atoms with Gasteiger partial charge in [0.15, 0.2) is 19.8 Å². The highest BCUT2D eigenvalue weighted by molar-refractivity contribution is 6.74. The van der Waals surface area contributed by atoms with E-state index in [2.05, 4.69) is 44.5 Å². The number of ether oxygens (including phenoxy) is 2. The van der Waals surface area contributed by atoms with Crippen molar-refractivity contribution in [2.75, 3.05) is 6.61 Å². The van der Waals surface area contributed by atoms with Crippen LogP contribution in [-0.4, -0.2) is 55.6 Å². The largest absolute Gasteiger partial charge is 0.485 e. The molecule has 0 aliphatic carbocycles. The average molecular weight is 614 g/mol. The van der Waals surface area contributed by atoms with Crippen LogP contribution in [0.5, 0.6) is 11.5 Å². The van der Waals surface area contributed by atoms with Crippen molar-refractivity contribution in [2.24, 2.45) is 11.7 Å². The first-order chi connectivity index (χ1) is 20.0. The molecule has 0 saturated heterocycles. The number of fused-ring (bicyclic) bond motifs is 2. The van der Waals surface area contributed by atoms with Crippen LogP contribution in [0.15, 0.2) is 48.5 Å². The molecule has 2 amide bonds. The van der Waals surface area contributed by atoms with E-state index >= 15 is 0 Å². The number of rotatable bonds is 8. The zero-order valence-corrected chi connectivity index (χ0v) is 28.2. The van der Waals surface area contributed by atoms with E-state index in [1.165, 1.54) is 0 Å². The maximum Gasteiger partial charge on any atom is 0.243 e. The van der Waals surface area contributed by atoms with Gasteiger partial charge in [0.1, 0.15) is 24.3 Å². The van der Waals surface area contributed by atoms with Crippen molar-refractivity contribution >= 4 is 20.1 Å². The molecule has 0 aromatic heterocycles. The summed E-state index contributed by atoms with van der Waals surface area (Å²) in [7, 11) is -2.44. The minimum absolute atomic E-state index is 0.155. The molecule has 1 aliphatic heterocycles. The fourth-order valence-corrected chi connectivity index (χ4v) is 5.97. The number of aliphatic hydroxyl groups is 1. The van der Waals surface area contributed by atoms with E-state index in [-0.39, 0.29) is 17.6 Å². The van der Waals surface area contributed by atoms with E-state index in [9.17, 15) is 14.7 Å². The molecule has 1 aliphatic rings. The summed E-state index contributed by atoms with van der Waals surface area (Å²) >= 11 is 0. The maximum absolute atomic E-state index is 13.7. The van der Waals surface area contributed by atoms with Gasteiger partial charge >= 0.3 is 0 Å². The van der Waals surface area contributed by atoms with Crippen molar-refractivity contribution in [3.8, 4) is 11.5 Å². The monoisotopic (exact) mass is 613 g/mol. The number of carbonyl (C=O) groups is 2. The van der Waals surface area contributed by atoms with Crippen molar-refractivity contribution in [1.29, 1.82) is 0 Å². The molecule has 0 radical (unpaired) electrons. The summed E-state index contributed by atoms with van der Waals surface area (Å²) in [5.74, 6) is -0.280. The lowest BCUT2D eigenvalue weighted by Gasteiger charge is -2.41. The summed E-state index contributed by atoms with van der Waals surface area (Å²) in [5.41, 5.74) is 7.31. The van der Waals surface area contributed by atoms with Gasteiger partial charge in [0.2, 0.25) is 11.8 Å². The van der Waals surface area contributed by atoms with Gasteiger partial charge in [0, 0.05) is 0 Å². The predicted octanol–water partition coefficient (Wildman–Crippen LogP) is 4.83. The molecule has 0 saturated carbocycles. The van der Waals surface area contributed by atoms with Gasteiger partial charge in [0.05, 0.1) is 18.8 Å². The summed E-state index contributed by atoms with van der Waals surface area (Å²) in [6.07, 6.45) is -0.354. The summed E-state index contributed by atoms with van der Waals surface area (Å²) in [6.45, 7) is 18.0. The van der Waals surface area contributed by atoms with Crippen molar-refractivity contribution in [2.45, 2.75) is 109 Å². The number of nitrogens with one attached hydrogen (secondary N) is 2. The van der Waals surface area contributed by atoms with Crippen molar-refractivity contribution in [3.05, 3.63) is 59.7 Å². The van der Waals surface area contributed by atoms with Crippen molar-refractivity contribution in [1.82, 2.24) is 10.6 Å². The fraction of sp³-hybridized carbons (Fsp3) is 0.576. The van der Waals surface area contributed by atoms with Crippen molar-refractivity contribution in [3.63, 3.8) is 0 Å². The van der Waals surface area contributed by atoms with Crippen LogP contribution < -0.4 is 25.8 Å². The predicted molar refractivity (Wildman–Crippen MR) is 171 cm³/mol. The molecule has 10 heteroatoms. The Balaban J connectivity index is 2.20. The Morgan fingerprint density at radius 3 is 2.28 bits per heavy atom. The van der Waals surface area contributed by atoms with Crippen LogP contribution in [0.4, 0.5) is 0 Å². The highest BCUT2D eigenvalue weighted by atomic mass is 28.4. The summed E-state index contributed by atoms with van der Waals surface area (Å²) in [4.78, 5) is 27.2. The quantitative estimate of drug-likeness (QED) is 0.314. The Kier molecular flexibility index (Phi) is 11.1. The van der Waals surface area contributed by atoms with Crippen LogP contribution in [0, 0.1) is 5.92 Å². The second-order valence-corrected chi connectivity index (χ2v) is 18.3. The first-order valence-electron chi connectivity index (χ1n) is 15.2. The van der Waals surface area contributed by atoms with Gasteiger partial charge in [-0.25, -0.2) is 0 Å². The van der Waals surface area contributed by atoms with Gasteiger partial charge in [-0.1, -0.05) is 77.9 Å². The third-order valence-electron chi connectivity index (χ3n) is 8.92. The molecule has 2 aromatic carbocycles. The molecule has 238 valence electrons. The molecule has 0 unspecified atom stereocenters. The molecule has 1 heterocycles. The molecule has 3 rings (SSSR count). The van der Waals surface area contributed by atoms with E-state index in [0.29, 0.717) is 30.1 Å². The Labute approximate surface area is 258 Å². The highest BCUT2D eigenvalue weighted by Crippen LogP contribution is 2.42. The lowest BCUT2D eigenvalue weighted by Crippen LogP contribution is -2.61. The maximum atomic E-state index is 13.7. The zero-order valence-electron chi connectivity index (χ0n) is 27.2. The normalized spacial score (nSPS) is 25.5. The Hall–Kier alpha value is -2.92. The number of hydrogen-bond donors (Lipinski definition) is 4. The minimum atomic E-state index is -2.44. The number of nitrogens with two attached hydrogens (primary N) is 1. The number of aliphatic hydroxyl groups excluding tert-OH is 1. The summed E-state index contributed by atoms with van der Waals surface area (Å²) in [5, 5.41) is 16.1. The number of amides is 2. The van der Waals surface area contributed by atoms with Crippen LogP contribution in [0.1, 0.15) is 72.1 Å². The SMILES string of the molecule is CC[C@@]1(C)Oc2cc(ccc2OCc2ccccc2)[C@@H](O[Si](C)(C)C(C)(C)C)[C@H](N)C(=O)N[C@@H](C(C)C)C(=O)N[C@@H]1CO. The highest BCUT2D eigenvalue weighted by Gasteiger charge is 2.44. The van der Waals surface area contributed by atoms with E-state index in [4.69, 9.17) is 19.6 Å². The van der Waals surface area contributed by atoms with Gasteiger partial charge in [-0.05, 0) is 60.7 Å².